The second-order valence-corrected chi connectivity index (χ2v) is 7.14. The van der Waals surface area contributed by atoms with Crippen molar-refractivity contribution in [3.05, 3.63) is 18.0 Å². The van der Waals surface area contributed by atoms with Crippen molar-refractivity contribution in [3.63, 3.8) is 0 Å². The standard InChI is InChI=1S/C14H25N3O3S/c1-4-15-9-12-8-14(10-17(12)3)21(18,19)16-11-6-13(7-11)20-5-2/h8,10-11,13,15-16H,4-7,9H2,1-3H3. The fraction of sp³-hybridized carbons (Fsp3) is 0.714. The van der Waals surface area contributed by atoms with E-state index in [1.807, 2.05) is 25.5 Å². The van der Waals surface area contributed by atoms with Crippen molar-refractivity contribution in [3.8, 4) is 0 Å². The molecule has 120 valence electrons. The van der Waals surface area contributed by atoms with Crippen LogP contribution in [0.4, 0.5) is 0 Å². The molecule has 6 nitrogen and oxygen atoms in total. The van der Waals surface area contributed by atoms with Crippen LogP contribution in [0.25, 0.3) is 0 Å². The summed E-state index contributed by atoms with van der Waals surface area (Å²) in [7, 11) is -1.58. The smallest absolute Gasteiger partial charge is 0.242 e. The molecule has 1 aromatic rings. The molecule has 1 aliphatic rings. The topological polar surface area (TPSA) is 72.4 Å². The molecule has 1 aromatic heterocycles. The van der Waals surface area contributed by atoms with Gasteiger partial charge >= 0.3 is 0 Å². The molecule has 0 aromatic carbocycles. The van der Waals surface area contributed by atoms with Gasteiger partial charge in [0.15, 0.2) is 0 Å². The molecule has 0 aliphatic heterocycles. The van der Waals surface area contributed by atoms with Gasteiger partial charge in [-0.1, -0.05) is 6.92 Å². The third-order valence-electron chi connectivity index (χ3n) is 3.77. The maximum atomic E-state index is 12.4. The van der Waals surface area contributed by atoms with E-state index in [0.29, 0.717) is 18.0 Å². The Bertz CT molecular complexity index is 562. The third-order valence-corrected chi connectivity index (χ3v) is 5.26. The first kappa shape index (κ1) is 16.5. The summed E-state index contributed by atoms with van der Waals surface area (Å²) in [5, 5.41) is 3.20. The van der Waals surface area contributed by atoms with E-state index in [2.05, 4.69) is 10.0 Å². The van der Waals surface area contributed by atoms with E-state index >= 15 is 0 Å². The third kappa shape index (κ3) is 4.06. The summed E-state index contributed by atoms with van der Waals surface area (Å²) < 4.78 is 34.8. The predicted octanol–water partition coefficient (Wildman–Crippen LogP) is 0.980. The van der Waals surface area contributed by atoms with Crippen molar-refractivity contribution >= 4 is 10.0 Å². The zero-order chi connectivity index (χ0) is 15.5. The number of aryl methyl sites for hydroxylation is 1. The molecule has 1 aliphatic carbocycles. The van der Waals surface area contributed by atoms with E-state index in [1.54, 1.807) is 12.3 Å². The summed E-state index contributed by atoms with van der Waals surface area (Å²) in [6, 6.07) is 1.72. The Morgan fingerprint density at radius 2 is 2.10 bits per heavy atom. The van der Waals surface area contributed by atoms with Gasteiger partial charge in [0.25, 0.3) is 0 Å². The first-order valence-electron chi connectivity index (χ1n) is 7.46. The van der Waals surface area contributed by atoms with Gasteiger partial charge in [-0.05, 0) is 32.4 Å². The summed E-state index contributed by atoms with van der Waals surface area (Å²) in [4.78, 5) is 0.331. The molecule has 0 atom stereocenters. The minimum Gasteiger partial charge on any atom is -0.378 e. The van der Waals surface area contributed by atoms with Gasteiger partial charge < -0.3 is 14.6 Å². The van der Waals surface area contributed by atoms with Crippen molar-refractivity contribution in [1.29, 1.82) is 0 Å². The van der Waals surface area contributed by atoms with E-state index in [-0.39, 0.29) is 12.1 Å². The highest BCUT2D eigenvalue weighted by Gasteiger charge is 2.33. The monoisotopic (exact) mass is 315 g/mol. The van der Waals surface area contributed by atoms with Crippen LogP contribution in [0.1, 0.15) is 32.4 Å². The lowest BCUT2D eigenvalue weighted by molar-refractivity contribution is -0.00475. The molecule has 0 bridgehead atoms. The van der Waals surface area contributed by atoms with Crippen molar-refractivity contribution < 1.29 is 13.2 Å². The van der Waals surface area contributed by atoms with Crippen molar-refractivity contribution in [2.45, 2.75) is 50.3 Å². The molecule has 0 saturated heterocycles. The number of hydrogen-bond donors (Lipinski definition) is 2. The Kier molecular flexibility index (Phi) is 5.43. The van der Waals surface area contributed by atoms with Crippen LogP contribution < -0.4 is 10.0 Å². The molecule has 0 unspecified atom stereocenters. The molecule has 1 heterocycles. The molecule has 2 N–H and O–H groups in total. The minimum absolute atomic E-state index is 0.0102. The van der Waals surface area contributed by atoms with Crippen LogP contribution in [0.2, 0.25) is 0 Å². The summed E-state index contributed by atoms with van der Waals surface area (Å²) in [5.74, 6) is 0. The highest BCUT2D eigenvalue weighted by Crippen LogP contribution is 2.25. The quantitative estimate of drug-likeness (QED) is 0.750. The second kappa shape index (κ2) is 6.91. The SMILES string of the molecule is CCNCc1cc(S(=O)(=O)NC2CC(OCC)C2)cn1C. The lowest BCUT2D eigenvalue weighted by atomic mass is 9.90. The normalized spacial score (nSPS) is 22.2. The first-order valence-corrected chi connectivity index (χ1v) is 8.94. The average molecular weight is 315 g/mol. The number of rotatable bonds is 8. The van der Waals surface area contributed by atoms with E-state index in [4.69, 9.17) is 4.74 Å². The molecule has 1 fully saturated rings. The molecule has 2 rings (SSSR count). The van der Waals surface area contributed by atoms with Crippen LogP contribution in [0, 0.1) is 0 Å². The van der Waals surface area contributed by atoms with Crippen LogP contribution in [0.3, 0.4) is 0 Å². The maximum absolute atomic E-state index is 12.4. The first-order chi connectivity index (χ1) is 9.96. The Hall–Kier alpha value is -0.890. The van der Waals surface area contributed by atoms with E-state index in [9.17, 15) is 8.42 Å². The van der Waals surface area contributed by atoms with Gasteiger partial charge in [-0.15, -0.1) is 0 Å². The number of ether oxygens (including phenoxy) is 1. The molecule has 0 radical (unpaired) electrons. The summed E-state index contributed by atoms with van der Waals surface area (Å²) in [5.41, 5.74) is 0.957. The van der Waals surface area contributed by atoms with Gasteiger partial charge in [0.05, 0.1) is 11.0 Å². The van der Waals surface area contributed by atoms with Gasteiger partial charge in [0, 0.05) is 38.1 Å². The van der Waals surface area contributed by atoms with Crippen molar-refractivity contribution in [1.82, 2.24) is 14.6 Å². The fourth-order valence-corrected chi connectivity index (χ4v) is 3.83. The Morgan fingerprint density at radius 1 is 1.38 bits per heavy atom. The van der Waals surface area contributed by atoms with Gasteiger partial charge in [-0.2, -0.15) is 0 Å². The van der Waals surface area contributed by atoms with Crippen molar-refractivity contribution in [2.24, 2.45) is 7.05 Å². The highest BCUT2D eigenvalue weighted by atomic mass is 32.2. The molecule has 0 spiro atoms. The summed E-state index contributed by atoms with van der Waals surface area (Å²) >= 11 is 0. The highest BCUT2D eigenvalue weighted by molar-refractivity contribution is 7.89. The van der Waals surface area contributed by atoms with E-state index < -0.39 is 10.0 Å². The van der Waals surface area contributed by atoms with E-state index in [0.717, 1.165) is 25.1 Å². The molecule has 21 heavy (non-hydrogen) atoms. The lowest BCUT2D eigenvalue weighted by Gasteiger charge is -2.34. The zero-order valence-electron chi connectivity index (χ0n) is 12.9. The number of hydrogen-bond acceptors (Lipinski definition) is 4. The Morgan fingerprint density at radius 3 is 2.71 bits per heavy atom. The largest absolute Gasteiger partial charge is 0.378 e. The lowest BCUT2D eigenvalue weighted by Crippen LogP contribution is -2.47. The summed E-state index contributed by atoms with van der Waals surface area (Å²) in [6.45, 7) is 6.17. The van der Waals surface area contributed by atoms with Crippen LogP contribution in [-0.4, -0.2) is 38.3 Å². The van der Waals surface area contributed by atoms with Crippen LogP contribution in [0.15, 0.2) is 17.2 Å². The van der Waals surface area contributed by atoms with Crippen LogP contribution in [-0.2, 0) is 28.4 Å². The molecule has 1 saturated carbocycles. The minimum atomic E-state index is -3.44. The average Bonchev–Trinajstić information content (AvgIpc) is 2.76. The van der Waals surface area contributed by atoms with Gasteiger partial charge in [-0.25, -0.2) is 13.1 Å². The molecular formula is C14H25N3O3S. The van der Waals surface area contributed by atoms with Crippen molar-refractivity contribution in [2.75, 3.05) is 13.2 Å². The number of sulfonamides is 1. The fourth-order valence-electron chi connectivity index (χ4n) is 2.47. The second-order valence-electron chi connectivity index (χ2n) is 5.43. The van der Waals surface area contributed by atoms with E-state index in [1.165, 1.54) is 0 Å². The number of aromatic nitrogens is 1. The summed E-state index contributed by atoms with van der Waals surface area (Å²) in [6.07, 6.45) is 3.37. The van der Waals surface area contributed by atoms with Crippen LogP contribution in [0.5, 0.6) is 0 Å². The number of nitrogens with one attached hydrogen (secondary N) is 2. The van der Waals surface area contributed by atoms with Gasteiger partial charge in [0.1, 0.15) is 0 Å². The Balaban J connectivity index is 1.97. The Labute approximate surface area is 126 Å². The molecule has 7 heteroatoms. The van der Waals surface area contributed by atoms with Crippen LogP contribution >= 0.6 is 0 Å². The van der Waals surface area contributed by atoms with Gasteiger partial charge in [-0.3, -0.25) is 0 Å². The maximum Gasteiger partial charge on any atom is 0.242 e. The molecule has 0 amide bonds. The van der Waals surface area contributed by atoms with Gasteiger partial charge in [0.2, 0.25) is 10.0 Å². The number of nitrogens with zero attached hydrogens (tertiary/aromatic N) is 1. The zero-order valence-corrected chi connectivity index (χ0v) is 13.7. The molecular weight excluding hydrogens is 290 g/mol. The predicted molar refractivity (Wildman–Crippen MR) is 81.6 cm³/mol.